The Hall–Kier alpha value is -1.56. The topological polar surface area (TPSA) is 59.5 Å². The number of amides is 1. The normalized spacial score (nSPS) is 18.4. The van der Waals surface area contributed by atoms with Gasteiger partial charge in [-0.1, -0.05) is 0 Å². The first-order valence-electron chi connectivity index (χ1n) is 7.12. The Morgan fingerprint density at radius 2 is 2.33 bits per heavy atom. The number of esters is 1. The number of ether oxygens (including phenoxy) is 1. The maximum atomic E-state index is 12.6. The van der Waals surface area contributed by atoms with Crippen LogP contribution in [0.5, 0.6) is 0 Å². The Morgan fingerprint density at radius 3 is 3.05 bits per heavy atom. The fourth-order valence-electron chi connectivity index (χ4n) is 2.50. The SMILES string of the molecule is CCOC(=O)[C@H]1CCCN(C(=O)c2cccnc2SC)C1. The zero-order valence-corrected chi connectivity index (χ0v) is 13.2. The molecule has 1 saturated heterocycles. The number of rotatable bonds is 4. The molecule has 1 aromatic heterocycles. The summed E-state index contributed by atoms with van der Waals surface area (Å²) in [7, 11) is 0. The van der Waals surface area contributed by atoms with E-state index in [9.17, 15) is 9.59 Å². The zero-order chi connectivity index (χ0) is 15.2. The lowest BCUT2D eigenvalue weighted by atomic mass is 9.97. The molecule has 114 valence electrons. The third-order valence-corrected chi connectivity index (χ3v) is 4.24. The van der Waals surface area contributed by atoms with Gasteiger partial charge in [0.25, 0.3) is 5.91 Å². The minimum atomic E-state index is -0.211. The van der Waals surface area contributed by atoms with E-state index in [1.165, 1.54) is 11.8 Å². The quantitative estimate of drug-likeness (QED) is 0.630. The van der Waals surface area contributed by atoms with Crippen molar-refractivity contribution < 1.29 is 14.3 Å². The first-order chi connectivity index (χ1) is 10.2. The van der Waals surface area contributed by atoms with E-state index < -0.39 is 0 Å². The molecular weight excluding hydrogens is 288 g/mol. The third kappa shape index (κ3) is 3.75. The molecule has 1 amide bonds. The molecule has 21 heavy (non-hydrogen) atoms. The molecule has 0 saturated carbocycles. The largest absolute Gasteiger partial charge is 0.466 e. The predicted octanol–water partition coefficient (Wildman–Crippen LogP) is 2.22. The van der Waals surface area contributed by atoms with Gasteiger partial charge in [0.2, 0.25) is 0 Å². The van der Waals surface area contributed by atoms with Crippen LogP contribution < -0.4 is 0 Å². The van der Waals surface area contributed by atoms with E-state index in [0.29, 0.717) is 25.3 Å². The van der Waals surface area contributed by atoms with Gasteiger partial charge in [-0.2, -0.15) is 0 Å². The van der Waals surface area contributed by atoms with E-state index >= 15 is 0 Å². The van der Waals surface area contributed by atoms with Crippen molar-refractivity contribution >= 4 is 23.6 Å². The molecule has 0 N–H and O–H groups in total. The van der Waals surface area contributed by atoms with Crippen molar-refractivity contribution in [1.82, 2.24) is 9.88 Å². The Labute approximate surface area is 129 Å². The molecule has 2 heterocycles. The predicted molar refractivity (Wildman–Crippen MR) is 81.3 cm³/mol. The van der Waals surface area contributed by atoms with Gasteiger partial charge in [-0.3, -0.25) is 9.59 Å². The summed E-state index contributed by atoms with van der Waals surface area (Å²) in [4.78, 5) is 30.4. The molecule has 1 aromatic rings. The van der Waals surface area contributed by atoms with E-state index in [2.05, 4.69) is 4.98 Å². The Morgan fingerprint density at radius 1 is 1.52 bits per heavy atom. The summed E-state index contributed by atoms with van der Waals surface area (Å²) < 4.78 is 5.07. The second-order valence-corrected chi connectivity index (χ2v) is 5.70. The van der Waals surface area contributed by atoms with Crippen LogP contribution in [0.2, 0.25) is 0 Å². The highest BCUT2D eigenvalue weighted by atomic mass is 32.2. The molecule has 0 radical (unpaired) electrons. The van der Waals surface area contributed by atoms with Gasteiger partial charge >= 0.3 is 5.97 Å². The Kier molecular flexibility index (Phi) is 5.61. The lowest BCUT2D eigenvalue weighted by Crippen LogP contribution is -2.43. The average Bonchev–Trinajstić information content (AvgIpc) is 2.54. The average molecular weight is 308 g/mol. The molecule has 6 heteroatoms. The van der Waals surface area contributed by atoms with Crippen LogP contribution >= 0.6 is 11.8 Å². The first kappa shape index (κ1) is 15.8. The van der Waals surface area contributed by atoms with Crippen LogP contribution in [-0.4, -0.2) is 47.7 Å². The minimum Gasteiger partial charge on any atom is -0.466 e. The van der Waals surface area contributed by atoms with Crippen molar-refractivity contribution in [3.8, 4) is 0 Å². The van der Waals surface area contributed by atoms with Gasteiger partial charge in [-0.25, -0.2) is 4.98 Å². The summed E-state index contributed by atoms with van der Waals surface area (Å²) in [6, 6.07) is 3.55. The number of pyridine rings is 1. The summed E-state index contributed by atoms with van der Waals surface area (Å²) in [6.07, 6.45) is 5.19. The van der Waals surface area contributed by atoms with Gasteiger partial charge in [0, 0.05) is 19.3 Å². The zero-order valence-electron chi connectivity index (χ0n) is 12.4. The Balaban J connectivity index is 2.10. The minimum absolute atomic E-state index is 0.0542. The van der Waals surface area contributed by atoms with Crippen LogP contribution in [-0.2, 0) is 9.53 Å². The van der Waals surface area contributed by atoms with Crippen LogP contribution in [0.1, 0.15) is 30.1 Å². The number of hydrogen-bond acceptors (Lipinski definition) is 5. The van der Waals surface area contributed by atoms with Gasteiger partial charge in [0.1, 0.15) is 5.03 Å². The van der Waals surface area contributed by atoms with Crippen molar-refractivity contribution in [1.29, 1.82) is 0 Å². The molecule has 5 nitrogen and oxygen atoms in total. The lowest BCUT2D eigenvalue weighted by Gasteiger charge is -2.31. The summed E-state index contributed by atoms with van der Waals surface area (Å²) in [5, 5.41) is 0.723. The number of thioether (sulfide) groups is 1. The second-order valence-electron chi connectivity index (χ2n) is 4.90. The summed E-state index contributed by atoms with van der Waals surface area (Å²) in [5.74, 6) is -0.468. The van der Waals surface area contributed by atoms with E-state index in [0.717, 1.165) is 17.9 Å². The van der Waals surface area contributed by atoms with Crippen molar-refractivity contribution in [2.75, 3.05) is 26.0 Å². The maximum Gasteiger partial charge on any atom is 0.310 e. The van der Waals surface area contributed by atoms with Gasteiger partial charge in [-0.15, -0.1) is 11.8 Å². The number of carbonyl (C=O) groups excluding carboxylic acids is 2. The summed E-state index contributed by atoms with van der Waals surface area (Å²) >= 11 is 1.45. The molecular formula is C15H20N2O3S. The van der Waals surface area contributed by atoms with Gasteiger partial charge in [0.15, 0.2) is 0 Å². The molecule has 0 spiro atoms. The molecule has 1 atom stereocenters. The number of aromatic nitrogens is 1. The molecule has 0 aliphatic carbocycles. The van der Waals surface area contributed by atoms with Gasteiger partial charge in [-0.05, 0) is 38.2 Å². The highest BCUT2D eigenvalue weighted by Gasteiger charge is 2.30. The Bertz CT molecular complexity index is 521. The number of piperidine rings is 1. The molecule has 1 fully saturated rings. The number of carbonyl (C=O) groups is 2. The van der Waals surface area contributed by atoms with E-state index in [4.69, 9.17) is 4.74 Å². The smallest absolute Gasteiger partial charge is 0.310 e. The maximum absolute atomic E-state index is 12.6. The fourth-order valence-corrected chi connectivity index (χ4v) is 3.04. The van der Waals surface area contributed by atoms with Gasteiger partial charge in [0.05, 0.1) is 18.1 Å². The third-order valence-electron chi connectivity index (χ3n) is 3.52. The number of likely N-dealkylation sites (tertiary alicyclic amines) is 1. The van der Waals surface area contributed by atoms with E-state index in [-0.39, 0.29) is 17.8 Å². The summed E-state index contributed by atoms with van der Waals surface area (Å²) in [6.45, 7) is 3.28. The van der Waals surface area contributed by atoms with Crippen LogP contribution in [0.25, 0.3) is 0 Å². The van der Waals surface area contributed by atoms with Crippen LogP contribution in [0.4, 0.5) is 0 Å². The number of hydrogen-bond donors (Lipinski definition) is 0. The van der Waals surface area contributed by atoms with Crippen molar-refractivity contribution in [2.24, 2.45) is 5.92 Å². The molecule has 0 aromatic carbocycles. The molecule has 1 aliphatic rings. The van der Waals surface area contributed by atoms with Crippen LogP contribution in [0.15, 0.2) is 23.4 Å². The van der Waals surface area contributed by atoms with Gasteiger partial charge < -0.3 is 9.64 Å². The monoisotopic (exact) mass is 308 g/mol. The standard InChI is InChI=1S/C15H20N2O3S/c1-3-20-15(19)11-6-5-9-17(10-11)14(18)12-7-4-8-16-13(12)21-2/h4,7-8,11H,3,5-6,9-10H2,1-2H3/t11-/m0/s1. The van der Waals surface area contributed by atoms with Crippen LogP contribution in [0.3, 0.4) is 0 Å². The molecule has 0 unspecified atom stereocenters. The second kappa shape index (κ2) is 7.45. The van der Waals surface area contributed by atoms with Crippen LogP contribution in [0, 0.1) is 5.92 Å². The van der Waals surface area contributed by atoms with E-state index in [1.807, 2.05) is 6.26 Å². The molecule has 0 bridgehead atoms. The summed E-state index contributed by atoms with van der Waals surface area (Å²) in [5.41, 5.74) is 0.606. The molecule has 2 rings (SSSR count). The fraction of sp³-hybridized carbons (Fsp3) is 0.533. The van der Waals surface area contributed by atoms with Crippen molar-refractivity contribution in [3.63, 3.8) is 0 Å². The first-order valence-corrected chi connectivity index (χ1v) is 8.34. The highest BCUT2D eigenvalue weighted by molar-refractivity contribution is 7.98. The van der Waals surface area contributed by atoms with E-state index in [1.54, 1.807) is 30.2 Å². The number of nitrogens with zero attached hydrogens (tertiary/aromatic N) is 2. The van der Waals surface area contributed by atoms with Crippen molar-refractivity contribution in [3.05, 3.63) is 23.9 Å². The molecule has 1 aliphatic heterocycles. The van der Waals surface area contributed by atoms with Crippen molar-refractivity contribution in [2.45, 2.75) is 24.8 Å². The lowest BCUT2D eigenvalue weighted by molar-refractivity contribution is -0.149. The highest BCUT2D eigenvalue weighted by Crippen LogP contribution is 2.23.